The van der Waals surface area contributed by atoms with Gasteiger partial charge in [-0.3, -0.25) is 4.79 Å². The van der Waals surface area contributed by atoms with Crippen molar-refractivity contribution < 1.29 is 14.3 Å². The molecule has 1 saturated carbocycles. The molecule has 4 rings (SSSR count). The van der Waals surface area contributed by atoms with Crippen molar-refractivity contribution in [2.75, 3.05) is 19.0 Å². The summed E-state index contributed by atoms with van der Waals surface area (Å²) in [6.45, 7) is 3.25. The fraction of sp³-hybridized carbons (Fsp3) is 0.409. The molecule has 4 nitrogen and oxygen atoms in total. The highest BCUT2D eigenvalue weighted by molar-refractivity contribution is 7.99. The molecular formula is C22H25NO3S. The van der Waals surface area contributed by atoms with Crippen LogP contribution in [0.5, 0.6) is 11.5 Å². The molecule has 2 aromatic carbocycles. The van der Waals surface area contributed by atoms with Crippen LogP contribution < -0.4 is 14.8 Å². The molecule has 1 heterocycles. The minimum Gasteiger partial charge on any atom is -0.486 e. The number of aryl methyl sites for hydroxylation is 1. The van der Waals surface area contributed by atoms with Crippen LogP contribution in [0.2, 0.25) is 0 Å². The van der Waals surface area contributed by atoms with Crippen molar-refractivity contribution in [3.8, 4) is 11.5 Å². The van der Waals surface area contributed by atoms with E-state index >= 15 is 0 Å². The van der Waals surface area contributed by atoms with Crippen LogP contribution in [0.25, 0.3) is 0 Å². The molecular weight excluding hydrogens is 358 g/mol. The normalized spacial score (nSPS) is 16.6. The molecule has 0 spiro atoms. The fourth-order valence-electron chi connectivity index (χ4n) is 3.32. The first-order valence-electron chi connectivity index (χ1n) is 9.51. The summed E-state index contributed by atoms with van der Waals surface area (Å²) in [5, 5.41) is 3.24. The van der Waals surface area contributed by atoms with Crippen LogP contribution in [0, 0.1) is 12.8 Å². The van der Waals surface area contributed by atoms with E-state index in [1.54, 1.807) is 11.8 Å². The second kappa shape index (κ2) is 8.26. The average molecular weight is 384 g/mol. The summed E-state index contributed by atoms with van der Waals surface area (Å²) in [7, 11) is 0. The molecule has 5 heteroatoms. The van der Waals surface area contributed by atoms with Gasteiger partial charge in [0.15, 0.2) is 11.5 Å². The summed E-state index contributed by atoms with van der Waals surface area (Å²) < 4.78 is 11.3. The van der Waals surface area contributed by atoms with Crippen molar-refractivity contribution in [2.45, 2.75) is 31.6 Å². The van der Waals surface area contributed by atoms with Crippen molar-refractivity contribution in [1.82, 2.24) is 5.32 Å². The summed E-state index contributed by atoms with van der Waals surface area (Å²) in [6.07, 6.45) is 2.33. The Hall–Kier alpha value is -2.14. The van der Waals surface area contributed by atoms with Crippen LogP contribution in [0.3, 0.4) is 0 Å². The highest BCUT2D eigenvalue weighted by atomic mass is 32.2. The van der Waals surface area contributed by atoms with Gasteiger partial charge in [-0.2, -0.15) is 0 Å². The van der Waals surface area contributed by atoms with Gasteiger partial charge in [0.2, 0.25) is 5.91 Å². The molecule has 1 atom stereocenters. The number of hydrogen-bond acceptors (Lipinski definition) is 4. The molecule has 142 valence electrons. The second-order valence-electron chi connectivity index (χ2n) is 7.26. The Balaban J connectivity index is 1.34. The van der Waals surface area contributed by atoms with Crippen LogP contribution in [0.4, 0.5) is 0 Å². The van der Waals surface area contributed by atoms with Gasteiger partial charge in [0.1, 0.15) is 13.2 Å². The zero-order valence-electron chi connectivity index (χ0n) is 15.6. The first kappa shape index (κ1) is 18.2. The van der Waals surface area contributed by atoms with E-state index in [1.807, 2.05) is 12.1 Å². The summed E-state index contributed by atoms with van der Waals surface area (Å²) in [5.41, 5.74) is 3.62. The predicted molar refractivity (Wildman–Crippen MR) is 108 cm³/mol. The number of ether oxygens (including phenoxy) is 2. The Morgan fingerprint density at radius 3 is 2.59 bits per heavy atom. The van der Waals surface area contributed by atoms with Crippen molar-refractivity contribution >= 4 is 17.7 Å². The molecule has 1 aliphatic heterocycles. The molecule has 27 heavy (non-hydrogen) atoms. The van der Waals surface area contributed by atoms with E-state index < -0.39 is 0 Å². The minimum atomic E-state index is 0.0632. The monoisotopic (exact) mass is 383 g/mol. The Morgan fingerprint density at radius 1 is 1.11 bits per heavy atom. The topological polar surface area (TPSA) is 47.6 Å². The van der Waals surface area contributed by atoms with Gasteiger partial charge in [-0.05, 0) is 48.9 Å². The number of nitrogens with one attached hydrogen (secondary N) is 1. The number of amides is 1. The van der Waals surface area contributed by atoms with Crippen LogP contribution in [-0.4, -0.2) is 24.9 Å². The largest absolute Gasteiger partial charge is 0.486 e. The Morgan fingerprint density at radius 2 is 1.85 bits per heavy atom. The molecule has 2 aromatic rings. The number of hydrogen-bond donors (Lipinski definition) is 1. The fourth-order valence-corrected chi connectivity index (χ4v) is 4.12. The molecule has 0 radical (unpaired) electrons. The van der Waals surface area contributed by atoms with E-state index in [0.717, 1.165) is 35.7 Å². The van der Waals surface area contributed by atoms with E-state index in [1.165, 1.54) is 11.1 Å². The average Bonchev–Trinajstić information content (AvgIpc) is 3.52. The maximum Gasteiger partial charge on any atom is 0.230 e. The molecule has 1 aliphatic carbocycles. The third-order valence-electron chi connectivity index (χ3n) is 4.96. The Bertz CT molecular complexity index is 802. The van der Waals surface area contributed by atoms with Gasteiger partial charge in [-0.15, -0.1) is 11.8 Å². The Labute approximate surface area is 164 Å². The summed E-state index contributed by atoms with van der Waals surface area (Å²) >= 11 is 1.66. The molecule has 1 unspecified atom stereocenters. The lowest BCUT2D eigenvalue weighted by Gasteiger charge is -2.23. The maximum absolute atomic E-state index is 12.5. The lowest BCUT2D eigenvalue weighted by molar-refractivity contribution is -0.119. The zero-order valence-corrected chi connectivity index (χ0v) is 16.4. The van der Waals surface area contributed by atoms with Crippen LogP contribution in [0.1, 0.15) is 35.6 Å². The van der Waals surface area contributed by atoms with Gasteiger partial charge < -0.3 is 14.8 Å². The van der Waals surface area contributed by atoms with Crippen LogP contribution >= 0.6 is 11.8 Å². The van der Waals surface area contributed by atoms with Gasteiger partial charge in [0.05, 0.1) is 11.8 Å². The highest BCUT2D eigenvalue weighted by Crippen LogP contribution is 2.43. The summed E-state index contributed by atoms with van der Waals surface area (Å²) in [6, 6.07) is 14.6. The smallest absolute Gasteiger partial charge is 0.230 e. The van der Waals surface area contributed by atoms with Gasteiger partial charge in [-0.1, -0.05) is 35.9 Å². The maximum atomic E-state index is 12.5. The number of thioether (sulfide) groups is 1. The number of carbonyl (C=O) groups excluding carboxylic acids is 1. The number of carbonyl (C=O) groups is 1. The van der Waals surface area contributed by atoms with E-state index in [2.05, 4.69) is 42.6 Å². The van der Waals surface area contributed by atoms with Crippen LogP contribution in [0.15, 0.2) is 42.5 Å². The molecule has 1 fully saturated rings. The first-order valence-corrected chi connectivity index (χ1v) is 10.7. The van der Waals surface area contributed by atoms with E-state index in [9.17, 15) is 4.79 Å². The first-order chi connectivity index (χ1) is 13.2. The van der Waals surface area contributed by atoms with Crippen molar-refractivity contribution in [2.24, 2.45) is 5.92 Å². The van der Waals surface area contributed by atoms with Gasteiger partial charge >= 0.3 is 0 Å². The lowest BCUT2D eigenvalue weighted by Crippen LogP contribution is -2.31. The summed E-state index contributed by atoms with van der Waals surface area (Å²) in [4.78, 5) is 12.5. The Kier molecular flexibility index (Phi) is 5.58. The molecule has 1 amide bonds. The van der Waals surface area contributed by atoms with Crippen molar-refractivity contribution in [3.05, 3.63) is 59.2 Å². The molecule has 1 N–H and O–H groups in total. The summed E-state index contributed by atoms with van der Waals surface area (Å²) in [5.74, 6) is 3.53. The minimum absolute atomic E-state index is 0.0632. The van der Waals surface area contributed by atoms with Crippen LogP contribution in [-0.2, 0) is 10.5 Å². The third kappa shape index (κ3) is 4.78. The number of benzene rings is 2. The third-order valence-corrected chi connectivity index (χ3v) is 5.96. The van der Waals surface area contributed by atoms with Crippen molar-refractivity contribution in [1.29, 1.82) is 0 Å². The standard InChI is InChI=1S/C22H25NO3S/c1-15-2-4-16(5-3-15)13-27-14-21(24)23-22(17-6-7-17)18-8-9-19-20(12-18)26-11-10-25-19/h2-5,8-9,12,17,22H,6-7,10-11,13-14H2,1H3,(H,23,24). The molecule has 2 aliphatic rings. The lowest BCUT2D eigenvalue weighted by atomic mass is 10.0. The number of rotatable bonds is 7. The highest BCUT2D eigenvalue weighted by Gasteiger charge is 2.34. The SMILES string of the molecule is Cc1ccc(CSCC(=O)NC(c2ccc3c(c2)OCCO3)C2CC2)cc1. The van der Waals surface area contributed by atoms with E-state index in [0.29, 0.717) is 24.9 Å². The van der Waals surface area contributed by atoms with E-state index in [-0.39, 0.29) is 11.9 Å². The molecule has 0 saturated heterocycles. The quantitative estimate of drug-likeness (QED) is 0.776. The van der Waals surface area contributed by atoms with Crippen molar-refractivity contribution in [3.63, 3.8) is 0 Å². The molecule has 0 bridgehead atoms. The van der Waals surface area contributed by atoms with E-state index in [4.69, 9.17) is 9.47 Å². The van der Waals surface area contributed by atoms with Gasteiger partial charge in [0, 0.05) is 5.75 Å². The number of fused-ring (bicyclic) bond motifs is 1. The molecule has 0 aromatic heterocycles. The zero-order chi connectivity index (χ0) is 18.6. The second-order valence-corrected chi connectivity index (χ2v) is 8.25. The van der Waals surface area contributed by atoms with Gasteiger partial charge in [-0.25, -0.2) is 0 Å². The predicted octanol–water partition coefficient (Wildman–Crippen LogP) is 4.27. The van der Waals surface area contributed by atoms with Gasteiger partial charge in [0.25, 0.3) is 0 Å².